The fraction of sp³-hybridized carbons (Fsp3) is 0.857. The lowest BCUT2D eigenvalue weighted by molar-refractivity contribution is -0.140. The van der Waals surface area contributed by atoms with Crippen LogP contribution in [0.25, 0.3) is 0 Å². The first kappa shape index (κ1) is 15.6. The summed E-state index contributed by atoms with van der Waals surface area (Å²) in [5, 5.41) is 0. The Bertz CT molecular complexity index is 392. The van der Waals surface area contributed by atoms with Crippen LogP contribution in [0.3, 0.4) is 0 Å². The van der Waals surface area contributed by atoms with Gasteiger partial charge in [0, 0.05) is 38.9 Å². The molecular weight excluding hydrogens is 276 g/mol. The first-order valence-electron chi connectivity index (χ1n) is 7.07. The number of nitrogens with zero attached hydrogens (tertiary/aromatic N) is 2. The molecule has 0 bridgehead atoms. The largest absolute Gasteiger partial charge is 0.367 e. The van der Waals surface area contributed by atoms with E-state index in [1.54, 1.807) is 19.0 Å². The molecule has 2 fully saturated rings. The molecule has 2 rings (SSSR count). The minimum absolute atomic E-state index is 0.00108. The van der Waals surface area contributed by atoms with E-state index in [1.807, 2.05) is 30.5 Å². The van der Waals surface area contributed by atoms with E-state index in [0.717, 1.165) is 25.3 Å². The van der Waals surface area contributed by atoms with Crippen molar-refractivity contribution in [1.29, 1.82) is 0 Å². The van der Waals surface area contributed by atoms with Crippen molar-refractivity contribution in [3.63, 3.8) is 0 Å². The lowest BCUT2D eigenvalue weighted by Crippen LogP contribution is -2.61. The van der Waals surface area contributed by atoms with Gasteiger partial charge in [-0.3, -0.25) is 9.59 Å². The molecule has 0 unspecified atom stereocenters. The second-order valence-corrected chi connectivity index (χ2v) is 7.76. The Morgan fingerprint density at radius 2 is 2.05 bits per heavy atom. The monoisotopic (exact) mass is 300 g/mol. The molecule has 2 heterocycles. The maximum atomic E-state index is 11.9. The quantitative estimate of drug-likeness (QED) is 0.772. The lowest BCUT2D eigenvalue weighted by atomic mass is 9.92. The normalized spacial score (nSPS) is 24.1. The average molecular weight is 300 g/mol. The summed E-state index contributed by atoms with van der Waals surface area (Å²) in [5.74, 6) is 1.23. The standard InChI is InChI=1S/C14H24N2O3S/c1-10(2)13(18)16-8-14(9-16)5-11(7-20-14)19-6-12(17)15(3)4/h10-11H,5-9H2,1-4H3/t11-/m0/s1. The first-order chi connectivity index (χ1) is 9.33. The third kappa shape index (κ3) is 3.28. The number of likely N-dealkylation sites (tertiary alicyclic amines) is 1. The van der Waals surface area contributed by atoms with Crippen LogP contribution in [0.15, 0.2) is 0 Å². The summed E-state index contributed by atoms with van der Waals surface area (Å²) in [6.07, 6.45) is 1.08. The van der Waals surface area contributed by atoms with Gasteiger partial charge in [0.2, 0.25) is 11.8 Å². The van der Waals surface area contributed by atoms with Gasteiger partial charge in [0.25, 0.3) is 0 Å². The van der Waals surface area contributed by atoms with Crippen LogP contribution >= 0.6 is 11.8 Å². The topological polar surface area (TPSA) is 49.9 Å². The van der Waals surface area contributed by atoms with Crippen LogP contribution in [0.5, 0.6) is 0 Å². The Kier molecular flexibility index (Phi) is 4.64. The van der Waals surface area contributed by atoms with E-state index in [4.69, 9.17) is 4.74 Å². The highest BCUT2D eigenvalue weighted by Crippen LogP contribution is 2.46. The average Bonchev–Trinajstić information content (AvgIpc) is 2.77. The second kappa shape index (κ2) is 5.93. The molecule has 114 valence electrons. The number of rotatable bonds is 4. The predicted octanol–water partition coefficient (Wildman–Crippen LogP) is 0.834. The van der Waals surface area contributed by atoms with Crippen molar-refractivity contribution < 1.29 is 14.3 Å². The molecule has 0 saturated carbocycles. The molecule has 20 heavy (non-hydrogen) atoms. The molecule has 0 radical (unpaired) electrons. The summed E-state index contributed by atoms with van der Waals surface area (Å²) in [7, 11) is 3.47. The van der Waals surface area contributed by atoms with E-state index in [0.29, 0.717) is 0 Å². The van der Waals surface area contributed by atoms with Gasteiger partial charge in [-0.1, -0.05) is 13.8 Å². The van der Waals surface area contributed by atoms with Crippen LogP contribution in [0.2, 0.25) is 0 Å². The number of carbonyl (C=O) groups is 2. The predicted molar refractivity (Wildman–Crippen MR) is 79.7 cm³/mol. The molecule has 2 aliphatic heterocycles. The number of hydrogen-bond donors (Lipinski definition) is 0. The summed E-state index contributed by atoms with van der Waals surface area (Å²) in [6.45, 7) is 5.69. The highest BCUT2D eigenvalue weighted by molar-refractivity contribution is 8.01. The van der Waals surface area contributed by atoms with E-state index < -0.39 is 0 Å². The Hall–Kier alpha value is -0.750. The van der Waals surface area contributed by atoms with Gasteiger partial charge in [0.15, 0.2) is 0 Å². The Balaban J connectivity index is 1.74. The van der Waals surface area contributed by atoms with Gasteiger partial charge in [0.05, 0.1) is 10.9 Å². The second-order valence-electron chi connectivity index (χ2n) is 6.27. The molecule has 1 atom stereocenters. The van der Waals surface area contributed by atoms with Gasteiger partial charge < -0.3 is 14.5 Å². The highest BCUT2D eigenvalue weighted by atomic mass is 32.2. The molecular formula is C14H24N2O3S. The Morgan fingerprint density at radius 1 is 1.40 bits per heavy atom. The van der Waals surface area contributed by atoms with Crippen molar-refractivity contribution in [3.8, 4) is 0 Å². The van der Waals surface area contributed by atoms with Crippen molar-refractivity contribution in [1.82, 2.24) is 9.80 Å². The van der Waals surface area contributed by atoms with Gasteiger partial charge >= 0.3 is 0 Å². The summed E-state index contributed by atoms with van der Waals surface area (Å²) in [6, 6.07) is 0. The maximum absolute atomic E-state index is 11.9. The highest BCUT2D eigenvalue weighted by Gasteiger charge is 2.51. The molecule has 0 aromatic heterocycles. The van der Waals surface area contributed by atoms with E-state index in [1.165, 1.54) is 0 Å². The third-order valence-electron chi connectivity index (χ3n) is 3.88. The van der Waals surface area contributed by atoms with Crippen molar-refractivity contribution in [2.24, 2.45) is 5.92 Å². The zero-order valence-electron chi connectivity index (χ0n) is 12.7. The van der Waals surface area contributed by atoms with Gasteiger partial charge in [-0.05, 0) is 6.42 Å². The zero-order chi connectivity index (χ0) is 14.9. The number of ether oxygens (including phenoxy) is 1. The van der Waals surface area contributed by atoms with Gasteiger partial charge in [-0.15, -0.1) is 11.8 Å². The van der Waals surface area contributed by atoms with Crippen LogP contribution in [0, 0.1) is 5.92 Å². The fourth-order valence-corrected chi connectivity index (χ4v) is 4.17. The van der Waals surface area contributed by atoms with E-state index in [9.17, 15) is 9.59 Å². The summed E-state index contributed by atoms with van der Waals surface area (Å²) in [5.41, 5.74) is 0. The zero-order valence-corrected chi connectivity index (χ0v) is 13.5. The van der Waals surface area contributed by atoms with Crippen LogP contribution in [-0.2, 0) is 14.3 Å². The molecule has 0 aliphatic carbocycles. The molecule has 0 aromatic carbocycles. The maximum Gasteiger partial charge on any atom is 0.248 e. The number of hydrogen-bond acceptors (Lipinski definition) is 4. The molecule has 0 N–H and O–H groups in total. The summed E-state index contributed by atoms with van der Waals surface area (Å²) >= 11 is 1.89. The number of amides is 2. The Morgan fingerprint density at radius 3 is 2.60 bits per heavy atom. The van der Waals surface area contributed by atoms with Crippen LogP contribution < -0.4 is 0 Å². The minimum Gasteiger partial charge on any atom is -0.367 e. The van der Waals surface area contributed by atoms with E-state index in [-0.39, 0.29) is 35.2 Å². The smallest absolute Gasteiger partial charge is 0.248 e. The molecule has 2 saturated heterocycles. The molecule has 0 aromatic rings. The third-order valence-corrected chi connectivity index (χ3v) is 5.46. The van der Waals surface area contributed by atoms with E-state index >= 15 is 0 Å². The van der Waals surface area contributed by atoms with Gasteiger partial charge in [0.1, 0.15) is 6.61 Å². The van der Waals surface area contributed by atoms with Crippen molar-refractivity contribution in [2.75, 3.05) is 39.5 Å². The van der Waals surface area contributed by atoms with E-state index in [2.05, 4.69) is 0 Å². The SMILES string of the molecule is CC(C)C(=O)N1CC2(C[C@H](OCC(=O)N(C)C)CS2)C1. The van der Waals surface area contributed by atoms with Crippen molar-refractivity contribution in [3.05, 3.63) is 0 Å². The molecule has 6 heteroatoms. The van der Waals surface area contributed by atoms with Crippen LogP contribution in [0.1, 0.15) is 20.3 Å². The first-order valence-corrected chi connectivity index (χ1v) is 8.06. The summed E-state index contributed by atoms with van der Waals surface area (Å²) in [4.78, 5) is 26.9. The lowest BCUT2D eigenvalue weighted by Gasteiger charge is -2.48. The number of likely N-dealkylation sites (N-methyl/N-ethyl adjacent to an activating group) is 1. The molecule has 2 amide bonds. The van der Waals surface area contributed by atoms with Gasteiger partial charge in [-0.2, -0.15) is 0 Å². The van der Waals surface area contributed by atoms with Crippen molar-refractivity contribution >= 4 is 23.6 Å². The van der Waals surface area contributed by atoms with Crippen molar-refractivity contribution in [2.45, 2.75) is 31.1 Å². The molecule has 5 nitrogen and oxygen atoms in total. The number of thioether (sulfide) groups is 1. The van der Waals surface area contributed by atoms with Crippen LogP contribution in [-0.4, -0.2) is 72.0 Å². The van der Waals surface area contributed by atoms with Crippen LogP contribution in [0.4, 0.5) is 0 Å². The molecule has 2 aliphatic rings. The molecule has 1 spiro atoms. The number of carbonyl (C=O) groups excluding carboxylic acids is 2. The summed E-state index contributed by atoms with van der Waals surface area (Å²) < 4.78 is 5.86. The fourth-order valence-electron chi connectivity index (χ4n) is 2.62. The minimum atomic E-state index is 0.00108. The van der Waals surface area contributed by atoms with Gasteiger partial charge in [-0.25, -0.2) is 0 Å². The Labute approximate surface area is 125 Å².